The summed E-state index contributed by atoms with van der Waals surface area (Å²) in [4.78, 5) is 10.8. The van der Waals surface area contributed by atoms with Crippen molar-refractivity contribution < 1.29 is 24.9 Å². The summed E-state index contributed by atoms with van der Waals surface area (Å²) in [6, 6.07) is 0. The van der Waals surface area contributed by atoms with Crippen LogP contribution in [0.1, 0.15) is 0 Å². The van der Waals surface area contributed by atoms with Crippen molar-refractivity contribution >= 4 is 5.97 Å². The van der Waals surface area contributed by atoms with Crippen molar-refractivity contribution in [3.8, 4) is 0 Å². The quantitative estimate of drug-likeness (QED) is 0.356. The van der Waals surface area contributed by atoms with Gasteiger partial charge in [0.05, 0.1) is 32.5 Å². The fourth-order valence-electron chi connectivity index (χ4n) is 0.685. The van der Waals surface area contributed by atoms with Gasteiger partial charge >= 0.3 is 5.97 Å². The van der Waals surface area contributed by atoms with Gasteiger partial charge in [0.15, 0.2) is 0 Å². The summed E-state index contributed by atoms with van der Waals surface area (Å²) in [6.07, 6.45) is 0. The van der Waals surface area contributed by atoms with Gasteiger partial charge in [-0.05, 0) is 5.57 Å². The van der Waals surface area contributed by atoms with Crippen LogP contribution in [-0.2, 0) is 9.53 Å². The zero-order valence-electron chi connectivity index (χ0n) is 6.78. The van der Waals surface area contributed by atoms with Crippen LogP contribution in [0.4, 0.5) is 0 Å². The Kier molecular flexibility index (Phi) is 5.27. The molecule has 5 heteroatoms. The molecular formula is C7H12O5. The fourth-order valence-corrected chi connectivity index (χ4v) is 0.685. The summed E-state index contributed by atoms with van der Waals surface area (Å²) in [5.41, 5.74) is -0.0214. The minimum Gasteiger partial charge on any atom is -0.466 e. The lowest BCUT2D eigenvalue weighted by Gasteiger charge is -2.06. The van der Waals surface area contributed by atoms with Gasteiger partial charge < -0.3 is 20.1 Å². The van der Waals surface area contributed by atoms with E-state index in [0.717, 1.165) is 7.11 Å². The van der Waals surface area contributed by atoms with E-state index in [1.807, 2.05) is 0 Å². The maximum absolute atomic E-state index is 10.8. The SMILES string of the molecule is COC(=O)C(CO)=C(CO)CO. The standard InChI is InChI=1S/C7H12O5/c1-12-7(11)6(4-10)5(2-8)3-9/h8-10H,2-4H2,1H3. The first-order chi connectivity index (χ1) is 5.71. The highest BCUT2D eigenvalue weighted by Crippen LogP contribution is 2.04. The molecule has 0 aliphatic heterocycles. The van der Waals surface area contributed by atoms with Crippen LogP contribution in [0, 0.1) is 0 Å². The molecule has 0 aromatic heterocycles. The fraction of sp³-hybridized carbons (Fsp3) is 0.571. The Morgan fingerprint density at radius 3 is 1.92 bits per heavy atom. The van der Waals surface area contributed by atoms with Crippen molar-refractivity contribution in [2.45, 2.75) is 0 Å². The average Bonchev–Trinajstić information content (AvgIpc) is 2.12. The lowest BCUT2D eigenvalue weighted by molar-refractivity contribution is -0.136. The molecule has 0 bridgehead atoms. The molecule has 0 aliphatic rings. The number of hydrogen-bond donors (Lipinski definition) is 3. The molecule has 0 unspecified atom stereocenters. The molecule has 0 amide bonds. The summed E-state index contributed by atoms with van der Waals surface area (Å²) in [5, 5.41) is 25.9. The van der Waals surface area contributed by atoms with E-state index in [-0.39, 0.29) is 11.1 Å². The van der Waals surface area contributed by atoms with Crippen molar-refractivity contribution in [1.82, 2.24) is 0 Å². The molecular weight excluding hydrogens is 164 g/mol. The van der Waals surface area contributed by atoms with Gasteiger partial charge in [-0.1, -0.05) is 0 Å². The minimum absolute atomic E-state index is 0.0735. The monoisotopic (exact) mass is 176 g/mol. The number of methoxy groups -OCH3 is 1. The first kappa shape index (κ1) is 11.1. The molecule has 0 radical (unpaired) electrons. The van der Waals surface area contributed by atoms with Gasteiger partial charge in [0.2, 0.25) is 0 Å². The number of ether oxygens (including phenoxy) is 1. The van der Waals surface area contributed by atoms with E-state index in [1.54, 1.807) is 0 Å². The summed E-state index contributed by atoms with van der Waals surface area (Å²) in [5.74, 6) is -0.740. The molecule has 0 saturated carbocycles. The smallest absolute Gasteiger partial charge is 0.336 e. The zero-order valence-corrected chi connectivity index (χ0v) is 6.78. The first-order valence-electron chi connectivity index (χ1n) is 3.33. The molecule has 0 saturated heterocycles. The zero-order chi connectivity index (χ0) is 9.56. The van der Waals surface area contributed by atoms with Gasteiger partial charge in [-0.15, -0.1) is 0 Å². The number of carbonyl (C=O) groups is 1. The maximum Gasteiger partial charge on any atom is 0.336 e. The third-order valence-electron chi connectivity index (χ3n) is 1.40. The molecule has 5 nitrogen and oxygen atoms in total. The number of esters is 1. The van der Waals surface area contributed by atoms with Crippen molar-refractivity contribution in [3.63, 3.8) is 0 Å². The van der Waals surface area contributed by atoms with Crippen molar-refractivity contribution in [3.05, 3.63) is 11.1 Å². The molecule has 0 fully saturated rings. The Balaban J connectivity index is 4.68. The molecule has 0 heterocycles. The van der Waals surface area contributed by atoms with E-state index >= 15 is 0 Å². The van der Waals surface area contributed by atoms with Crippen LogP contribution in [0.25, 0.3) is 0 Å². The van der Waals surface area contributed by atoms with Crippen LogP contribution in [-0.4, -0.2) is 48.2 Å². The van der Waals surface area contributed by atoms with Crippen LogP contribution in [0.15, 0.2) is 11.1 Å². The van der Waals surface area contributed by atoms with Gasteiger partial charge in [-0.3, -0.25) is 0 Å². The maximum atomic E-state index is 10.8. The number of rotatable bonds is 4. The van der Waals surface area contributed by atoms with Crippen LogP contribution in [0.2, 0.25) is 0 Å². The molecule has 0 rings (SSSR count). The first-order valence-corrected chi connectivity index (χ1v) is 3.33. The lowest BCUT2D eigenvalue weighted by Crippen LogP contribution is -2.15. The molecule has 0 spiro atoms. The Morgan fingerprint density at radius 1 is 1.17 bits per heavy atom. The summed E-state index contributed by atoms with van der Waals surface area (Å²) >= 11 is 0. The van der Waals surface area contributed by atoms with Crippen LogP contribution >= 0.6 is 0 Å². The molecule has 0 aromatic rings. The molecule has 0 aliphatic carbocycles. The Labute approximate surface area is 69.9 Å². The van der Waals surface area contributed by atoms with Gasteiger partial charge in [0.25, 0.3) is 0 Å². The number of aliphatic hydroxyl groups is 3. The second-order valence-electron chi connectivity index (χ2n) is 2.05. The van der Waals surface area contributed by atoms with Gasteiger partial charge in [-0.25, -0.2) is 4.79 Å². The highest BCUT2D eigenvalue weighted by molar-refractivity contribution is 5.89. The van der Waals surface area contributed by atoms with Gasteiger partial charge in [0.1, 0.15) is 0 Å². The molecule has 0 atom stereocenters. The van der Waals surface area contributed by atoms with E-state index in [4.69, 9.17) is 15.3 Å². The molecule has 3 N–H and O–H groups in total. The van der Waals surface area contributed by atoms with Crippen molar-refractivity contribution in [2.75, 3.05) is 26.9 Å². The van der Waals surface area contributed by atoms with Crippen LogP contribution < -0.4 is 0 Å². The number of hydrogen-bond acceptors (Lipinski definition) is 5. The molecule has 0 aromatic carbocycles. The Morgan fingerprint density at radius 2 is 1.67 bits per heavy atom. The normalized spacial score (nSPS) is 9.33. The average molecular weight is 176 g/mol. The van der Waals surface area contributed by atoms with Crippen molar-refractivity contribution in [2.24, 2.45) is 0 Å². The van der Waals surface area contributed by atoms with Crippen LogP contribution in [0.3, 0.4) is 0 Å². The lowest BCUT2D eigenvalue weighted by atomic mass is 10.1. The Hall–Kier alpha value is -0.910. The minimum atomic E-state index is -0.740. The summed E-state index contributed by atoms with van der Waals surface area (Å²) < 4.78 is 4.31. The predicted molar refractivity (Wildman–Crippen MR) is 40.3 cm³/mol. The topological polar surface area (TPSA) is 87.0 Å². The van der Waals surface area contributed by atoms with E-state index in [2.05, 4.69) is 4.74 Å². The number of carbonyl (C=O) groups excluding carboxylic acids is 1. The van der Waals surface area contributed by atoms with Crippen LogP contribution in [0.5, 0.6) is 0 Å². The Bertz CT molecular complexity index is 178. The predicted octanol–water partition coefficient (Wildman–Crippen LogP) is -1.57. The third kappa shape index (κ3) is 2.61. The van der Waals surface area contributed by atoms with E-state index < -0.39 is 25.8 Å². The summed E-state index contributed by atoms with van der Waals surface area (Å²) in [6.45, 7) is -1.49. The van der Waals surface area contributed by atoms with E-state index in [0.29, 0.717) is 0 Å². The number of aliphatic hydroxyl groups excluding tert-OH is 3. The van der Waals surface area contributed by atoms with Crippen molar-refractivity contribution in [1.29, 1.82) is 0 Å². The molecule has 12 heavy (non-hydrogen) atoms. The largest absolute Gasteiger partial charge is 0.466 e. The highest BCUT2D eigenvalue weighted by Gasteiger charge is 2.13. The third-order valence-corrected chi connectivity index (χ3v) is 1.40. The molecule has 70 valence electrons. The second kappa shape index (κ2) is 5.70. The van der Waals surface area contributed by atoms with Gasteiger partial charge in [-0.2, -0.15) is 0 Å². The van der Waals surface area contributed by atoms with E-state index in [9.17, 15) is 4.79 Å². The van der Waals surface area contributed by atoms with Gasteiger partial charge in [0, 0.05) is 0 Å². The highest BCUT2D eigenvalue weighted by atomic mass is 16.5. The second-order valence-corrected chi connectivity index (χ2v) is 2.05. The summed E-state index contributed by atoms with van der Waals surface area (Å²) in [7, 11) is 1.16. The van der Waals surface area contributed by atoms with E-state index in [1.165, 1.54) is 0 Å².